The van der Waals surface area contributed by atoms with Gasteiger partial charge in [-0.15, -0.1) is 0 Å². The quantitative estimate of drug-likeness (QED) is 0.516. The van der Waals surface area contributed by atoms with Crippen molar-refractivity contribution < 1.29 is 9.47 Å². The van der Waals surface area contributed by atoms with Crippen molar-refractivity contribution in [1.29, 1.82) is 5.26 Å². The lowest BCUT2D eigenvalue weighted by Gasteiger charge is -2.31. The molecule has 3 aliphatic rings. The van der Waals surface area contributed by atoms with Gasteiger partial charge in [-0.2, -0.15) is 5.26 Å². The molecule has 8 heteroatoms. The Kier molecular flexibility index (Phi) is 8.38. The van der Waals surface area contributed by atoms with E-state index in [0.29, 0.717) is 42.8 Å². The molecule has 192 valence electrons. The highest BCUT2D eigenvalue weighted by Crippen LogP contribution is 2.33. The van der Waals surface area contributed by atoms with E-state index in [2.05, 4.69) is 27.8 Å². The summed E-state index contributed by atoms with van der Waals surface area (Å²) in [6.07, 6.45) is 10.2. The van der Waals surface area contributed by atoms with Gasteiger partial charge in [0.15, 0.2) is 0 Å². The predicted molar refractivity (Wildman–Crippen MR) is 141 cm³/mol. The summed E-state index contributed by atoms with van der Waals surface area (Å²) in [7, 11) is 0. The van der Waals surface area contributed by atoms with Gasteiger partial charge in [-0.1, -0.05) is 17.7 Å². The molecule has 1 saturated carbocycles. The highest BCUT2D eigenvalue weighted by Gasteiger charge is 2.32. The van der Waals surface area contributed by atoms with Gasteiger partial charge in [-0.05, 0) is 75.5 Å². The number of aromatic nitrogens is 2. The fraction of sp³-hybridized carbons (Fsp3) is 0.607. The number of nitrogens with zero attached hydrogens (tertiary/aromatic N) is 3. The van der Waals surface area contributed by atoms with Gasteiger partial charge in [-0.25, -0.2) is 4.98 Å². The third-order valence-corrected chi connectivity index (χ3v) is 8.28. The summed E-state index contributed by atoms with van der Waals surface area (Å²) in [6, 6.07) is 11.6. The molecule has 36 heavy (non-hydrogen) atoms. The molecule has 2 aliphatic heterocycles. The molecule has 0 amide bonds. The van der Waals surface area contributed by atoms with Crippen molar-refractivity contribution in [3.05, 3.63) is 41.2 Å². The van der Waals surface area contributed by atoms with Crippen LogP contribution < -0.4 is 10.6 Å². The zero-order valence-corrected chi connectivity index (χ0v) is 21.6. The van der Waals surface area contributed by atoms with Crippen LogP contribution in [0.25, 0.3) is 11.3 Å². The van der Waals surface area contributed by atoms with Crippen LogP contribution in [-0.2, 0) is 15.9 Å². The van der Waals surface area contributed by atoms with Gasteiger partial charge >= 0.3 is 0 Å². The maximum atomic E-state index is 9.73. The highest BCUT2D eigenvalue weighted by atomic mass is 35.5. The van der Waals surface area contributed by atoms with E-state index in [4.69, 9.17) is 26.1 Å². The van der Waals surface area contributed by atoms with E-state index in [0.717, 1.165) is 61.7 Å². The van der Waals surface area contributed by atoms with Crippen molar-refractivity contribution >= 4 is 17.4 Å². The number of halogens is 1. The number of hydrogen-bond donors (Lipinski definition) is 2. The lowest BCUT2D eigenvalue weighted by atomic mass is 9.82. The lowest BCUT2D eigenvalue weighted by Crippen LogP contribution is -2.41. The first-order valence-corrected chi connectivity index (χ1v) is 13.7. The van der Waals surface area contributed by atoms with Crippen LogP contribution in [0.2, 0.25) is 5.02 Å². The van der Waals surface area contributed by atoms with Gasteiger partial charge in [-0.3, -0.25) is 4.98 Å². The molecule has 4 heterocycles. The van der Waals surface area contributed by atoms with E-state index < -0.39 is 5.41 Å². The SMILES string of the molecule is N#CC1(CNc2cccc(-c3cc(CC4CCC(N[C@H]5CCOC5)CC4)ncc3Cl)n2)CCOCC1. The van der Waals surface area contributed by atoms with Crippen LogP contribution in [0, 0.1) is 22.7 Å². The summed E-state index contributed by atoms with van der Waals surface area (Å²) in [6.45, 7) is 3.57. The normalized spacial score (nSPS) is 25.8. The van der Waals surface area contributed by atoms with Gasteiger partial charge in [0.2, 0.25) is 0 Å². The van der Waals surface area contributed by atoms with Crippen LogP contribution in [0.15, 0.2) is 30.5 Å². The number of anilines is 1. The predicted octanol–water partition coefficient (Wildman–Crippen LogP) is 5.01. The lowest BCUT2D eigenvalue weighted by molar-refractivity contribution is 0.0455. The van der Waals surface area contributed by atoms with Gasteiger partial charge in [0.05, 0.1) is 28.8 Å². The van der Waals surface area contributed by atoms with Crippen molar-refractivity contribution in [3.8, 4) is 17.3 Å². The Morgan fingerprint density at radius 1 is 1.06 bits per heavy atom. The third-order valence-electron chi connectivity index (χ3n) is 7.98. The standard InChI is InChI=1S/C28H36ClN5O2/c29-25-16-31-23(14-20-4-6-21(7-5-20)33-22-8-11-36-17-22)15-24(25)26-2-1-3-27(34-26)32-19-28(18-30)9-12-35-13-10-28/h1-3,15-16,20-22,33H,4-14,17,19H2,(H,32,34)/t20?,21?,22-/m0/s1. The number of rotatable bonds is 8. The molecule has 5 rings (SSSR count). The van der Waals surface area contributed by atoms with Crippen molar-refractivity contribution in [3.63, 3.8) is 0 Å². The smallest absolute Gasteiger partial charge is 0.126 e. The molecule has 0 radical (unpaired) electrons. The first-order chi connectivity index (χ1) is 17.6. The van der Waals surface area contributed by atoms with E-state index in [1.807, 2.05) is 18.2 Å². The monoisotopic (exact) mass is 509 g/mol. The molecule has 1 aliphatic carbocycles. The van der Waals surface area contributed by atoms with Crippen LogP contribution in [0.3, 0.4) is 0 Å². The molecule has 1 atom stereocenters. The van der Waals surface area contributed by atoms with Crippen molar-refractivity contribution in [2.75, 3.05) is 38.3 Å². The summed E-state index contributed by atoms with van der Waals surface area (Å²) in [5.74, 6) is 1.40. The van der Waals surface area contributed by atoms with Crippen molar-refractivity contribution in [2.45, 2.75) is 63.5 Å². The van der Waals surface area contributed by atoms with Crippen LogP contribution in [0.4, 0.5) is 5.82 Å². The summed E-state index contributed by atoms with van der Waals surface area (Å²) in [4.78, 5) is 9.46. The Morgan fingerprint density at radius 3 is 2.64 bits per heavy atom. The molecule has 2 aromatic heterocycles. The number of nitriles is 1. The van der Waals surface area contributed by atoms with Crippen molar-refractivity contribution in [1.82, 2.24) is 15.3 Å². The third kappa shape index (κ3) is 6.36. The Labute approximate surface area is 219 Å². The first kappa shape index (κ1) is 25.4. The summed E-state index contributed by atoms with van der Waals surface area (Å²) < 4.78 is 10.9. The molecule has 7 nitrogen and oxygen atoms in total. The summed E-state index contributed by atoms with van der Waals surface area (Å²) >= 11 is 6.57. The molecule has 2 saturated heterocycles. The van der Waals surface area contributed by atoms with E-state index >= 15 is 0 Å². The van der Waals surface area contributed by atoms with E-state index in [9.17, 15) is 5.26 Å². The van der Waals surface area contributed by atoms with Gasteiger partial charge < -0.3 is 20.1 Å². The molecule has 0 bridgehead atoms. The fourth-order valence-electron chi connectivity index (χ4n) is 5.65. The Morgan fingerprint density at radius 2 is 1.89 bits per heavy atom. The zero-order valence-electron chi connectivity index (χ0n) is 20.8. The van der Waals surface area contributed by atoms with E-state index in [1.54, 1.807) is 6.20 Å². The molecule has 2 aromatic rings. The minimum Gasteiger partial charge on any atom is -0.381 e. The van der Waals surface area contributed by atoms with E-state index in [-0.39, 0.29) is 0 Å². The zero-order chi connectivity index (χ0) is 24.8. The van der Waals surface area contributed by atoms with Crippen LogP contribution in [0.5, 0.6) is 0 Å². The molecule has 2 N–H and O–H groups in total. The minimum absolute atomic E-state index is 0.406. The van der Waals surface area contributed by atoms with E-state index in [1.165, 1.54) is 25.7 Å². The highest BCUT2D eigenvalue weighted by molar-refractivity contribution is 6.33. The molecular formula is C28H36ClN5O2. The summed E-state index contributed by atoms with van der Waals surface area (Å²) in [5, 5.41) is 17.5. The minimum atomic E-state index is -0.406. The van der Waals surface area contributed by atoms with Crippen LogP contribution >= 0.6 is 11.6 Å². The second kappa shape index (κ2) is 11.9. The van der Waals surface area contributed by atoms with Gasteiger partial charge in [0, 0.05) is 55.9 Å². The molecule has 0 spiro atoms. The fourth-order valence-corrected chi connectivity index (χ4v) is 5.85. The maximum Gasteiger partial charge on any atom is 0.126 e. The first-order valence-electron chi connectivity index (χ1n) is 13.3. The second-order valence-electron chi connectivity index (χ2n) is 10.6. The number of nitrogens with one attached hydrogen (secondary N) is 2. The largest absolute Gasteiger partial charge is 0.381 e. The Hall–Kier alpha value is -2.24. The Bertz CT molecular complexity index is 1050. The van der Waals surface area contributed by atoms with Crippen molar-refractivity contribution in [2.24, 2.45) is 11.3 Å². The van der Waals surface area contributed by atoms with Gasteiger partial charge in [0.1, 0.15) is 5.82 Å². The molecule has 3 fully saturated rings. The maximum absolute atomic E-state index is 9.73. The molecule has 0 aromatic carbocycles. The average Bonchev–Trinajstić information content (AvgIpc) is 3.43. The van der Waals surface area contributed by atoms with Crippen LogP contribution in [-0.4, -0.2) is 55.0 Å². The number of pyridine rings is 2. The molecule has 0 unspecified atom stereocenters. The molecular weight excluding hydrogens is 474 g/mol. The average molecular weight is 510 g/mol. The van der Waals surface area contributed by atoms with Crippen LogP contribution in [0.1, 0.15) is 50.6 Å². The van der Waals surface area contributed by atoms with Gasteiger partial charge in [0.25, 0.3) is 0 Å². The second-order valence-corrected chi connectivity index (χ2v) is 11.0. The number of hydrogen-bond acceptors (Lipinski definition) is 7. The summed E-state index contributed by atoms with van der Waals surface area (Å²) in [5.41, 5.74) is 2.39. The Balaban J connectivity index is 1.20. The number of ether oxygens (including phenoxy) is 2. The topological polar surface area (TPSA) is 92.1 Å².